The number of thiophene rings is 1. The van der Waals surface area contributed by atoms with Gasteiger partial charge in [0.2, 0.25) is 0 Å². The van der Waals surface area contributed by atoms with Crippen LogP contribution in [-0.2, 0) is 9.53 Å². The zero-order valence-electron chi connectivity index (χ0n) is 14.0. The highest BCUT2D eigenvalue weighted by Gasteiger charge is 2.32. The van der Waals surface area contributed by atoms with Crippen LogP contribution in [0.3, 0.4) is 0 Å². The van der Waals surface area contributed by atoms with Gasteiger partial charge >= 0.3 is 5.97 Å². The summed E-state index contributed by atoms with van der Waals surface area (Å²) in [6.45, 7) is 3.94. The molecule has 0 spiro atoms. The molecule has 4 nitrogen and oxygen atoms in total. The summed E-state index contributed by atoms with van der Waals surface area (Å²) >= 11 is 3.02. The molecule has 0 aliphatic carbocycles. The normalized spacial score (nSPS) is 16.9. The van der Waals surface area contributed by atoms with Crippen molar-refractivity contribution >= 4 is 35.0 Å². The molecule has 1 aliphatic heterocycles. The Morgan fingerprint density at radius 2 is 2.08 bits per heavy atom. The molecule has 1 aliphatic rings. The number of esters is 1. The Hall–Kier alpha value is -1.86. The molecule has 132 valence electrons. The average molecular weight is 379 g/mol. The van der Waals surface area contributed by atoms with E-state index in [-0.39, 0.29) is 23.7 Å². The van der Waals surface area contributed by atoms with Crippen molar-refractivity contribution in [1.29, 1.82) is 0 Å². The molecule has 1 fully saturated rings. The number of amides is 1. The first-order valence-electron chi connectivity index (χ1n) is 7.87. The summed E-state index contributed by atoms with van der Waals surface area (Å²) in [5, 5.41) is -0.377. The van der Waals surface area contributed by atoms with Gasteiger partial charge < -0.3 is 9.64 Å². The van der Waals surface area contributed by atoms with Crippen molar-refractivity contribution in [3.63, 3.8) is 0 Å². The SMILES string of the molecule is Cc1cc(C(=O)OCC(=O)N2CCS[C@H]2c2ccccc2F)c(C)s1. The number of halogens is 1. The van der Waals surface area contributed by atoms with Gasteiger partial charge in [0.1, 0.15) is 11.2 Å². The first-order chi connectivity index (χ1) is 12.0. The maximum atomic E-state index is 14.0. The van der Waals surface area contributed by atoms with E-state index in [9.17, 15) is 14.0 Å². The van der Waals surface area contributed by atoms with Crippen LogP contribution in [0.5, 0.6) is 0 Å². The Morgan fingerprint density at radius 3 is 2.76 bits per heavy atom. The largest absolute Gasteiger partial charge is 0.452 e. The first kappa shape index (κ1) is 17.9. The number of ether oxygens (including phenoxy) is 1. The van der Waals surface area contributed by atoms with Gasteiger partial charge in [-0.1, -0.05) is 18.2 Å². The Bertz CT molecular complexity index is 805. The van der Waals surface area contributed by atoms with Crippen molar-refractivity contribution < 1.29 is 18.7 Å². The van der Waals surface area contributed by atoms with Gasteiger partial charge in [-0.15, -0.1) is 23.1 Å². The molecule has 1 aromatic carbocycles. The van der Waals surface area contributed by atoms with E-state index < -0.39 is 5.97 Å². The van der Waals surface area contributed by atoms with Crippen molar-refractivity contribution in [2.24, 2.45) is 0 Å². The number of rotatable bonds is 4. The van der Waals surface area contributed by atoms with Crippen LogP contribution in [0.4, 0.5) is 4.39 Å². The highest BCUT2D eigenvalue weighted by atomic mass is 32.2. The minimum Gasteiger partial charge on any atom is -0.452 e. The number of thioether (sulfide) groups is 1. The lowest BCUT2D eigenvalue weighted by Crippen LogP contribution is -2.34. The number of aryl methyl sites for hydroxylation is 2. The molecule has 0 unspecified atom stereocenters. The van der Waals surface area contributed by atoms with Gasteiger partial charge in [0, 0.05) is 27.6 Å². The fourth-order valence-electron chi connectivity index (χ4n) is 2.78. The number of hydrogen-bond acceptors (Lipinski definition) is 5. The summed E-state index contributed by atoms with van der Waals surface area (Å²) in [4.78, 5) is 28.1. The molecule has 3 rings (SSSR count). The van der Waals surface area contributed by atoms with Crippen molar-refractivity contribution in [3.05, 3.63) is 57.0 Å². The second-order valence-corrected chi connectivity index (χ2v) is 8.38. The van der Waals surface area contributed by atoms with Gasteiger partial charge in [0.15, 0.2) is 6.61 Å². The highest BCUT2D eigenvalue weighted by Crippen LogP contribution is 2.38. The molecule has 1 atom stereocenters. The van der Waals surface area contributed by atoms with Crippen molar-refractivity contribution in [3.8, 4) is 0 Å². The average Bonchev–Trinajstić information content (AvgIpc) is 3.19. The van der Waals surface area contributed by atoms with E-state index in [1.807, 2.05) is 13.8 Å². The van der Waals surface area contributed by atoms with Crippen LogP contribution < -0.4 is 0 Å². The summed E-state index contributed by atoms with van der Waals surface area (Å²) in [5.41, 5.74) is 0.978. The van der Waals surface area contributed by atoms with Crippen LogP contribution >= 0.6 is 23.1 Å². The van der Waals surface area contributed by atoms with Crippen molar-refractivity contribution in [1.82, 2.24) is 4.90 Å². The molecular formula is C18H18FNO3S2. The molecule has 7 heteroatoms. The number of benzene rings is 1. The predicted octanol–water partition coefficient (Wildman–Crippen LogP) is 3.94. The molecule has 25 heavy (non-hydrogen) atoms. The van der Waals surface area contributed by atoms with Crippen molar-refractivity contribution in [2.45, 2.75) is 19.2 Å². The lowest BCUT2D eigenvalue weighted by Gasteiger charge is -2.24. The van der Waals surface area contributed by atoms with Gasteiger partial charge in [0.25, 0.3) is 5.91 Å². The van der Waals surface area contributed by atoms with E-state index in [1.165, 1.54) is 29.2 Å². The minimum atomic E-state index is -0.496. The third-order valence-corrected chi connectivity index (χ3v) is 6.18. The van der Waals surface area contributed by atoms with Crippen LogP contribution in [-0.4, -0.2) is 35.7 Å². The molecule has 0 radical (unpaired) electrons. The standard InChI is InChI=1S/C18H18FNO3S2/c1-11-9-14(12(2)25-11)18(22)23-10-16(21)20-7-8-24-17(20)13-5-3-4-6-15(13)19/h3-6,9,17H,7-8,10H2,1-2H3/t17-/m0/s1. The van der Waals surface area contributed by atoms with E-state index in [1.54, 1.807) is 29.2 Å². The quantitative estimate of drug-likeness (QED) is 0.755. The van der Waals surface area contributed by atoms with E-state index in [2.05, 4.69) is 0 Å². The molecule has 0 bridgehead atoms. The van der Waals surface area contributed by atoms with Crippen LogP contribution in [0, 0.1) is 19.7 Å². The van der Waals surface area contributed by atoms with Gasteiger partial charge in [0.05, 0.1) is 5.56 Å². The van der Waals surface area contributed by atoms with Gasteiger partial charge in [-0.2, -0.15) is 0 Å². The number of carbonyl (C=O) groups is 2. The molecule has 0 N–H and O–H groups in total. The summed E-state index contributed by atoms with van der Waals surface area (Å²) < 4.78 is 19.2. The summed E-state index contributed by atoms with van der Waals surface area (Å²) in [5.74, 6) is -0.414. The molecule has 0 saturated carbocycles. The van der Waals surface area contributed by atoms with E-state index in [0.29, 0.717) is 17.7 Å². The van der Waals surface area contributed by atoms with Gasteiger partial charge in [-0.05, 0) is 26.0 Å². The Balaban J connectivity index is 1.65. The Kier molecular flexibility index (Phi) is 5.44. The summed E-state index contributed by atoms with van der Waals surface area (Å²) in [6.07, 6.45) is 0. The Labute approximate surface area is 154 Å². The minimum absolute atomic E-state index is 0.309. The Morgan fingerprint density at radius 1 is 1.32 bits per heavy atom. The number of hydrogen-bond donors (Lipinski definition) is 0. The zero-order chi connectivity index (χ0) is 18.0. The van der Waals surface area contributed by atoms with Crippen LogP contribution in [0.1, 0.15) is 31.0 Å². The van der Waals surface area contributed by atoms with E-state index >= 15 is 0 Å². The summed E-state index contributed by atoms with van der Waals surface area (Å²) in [7, 11) is 0. The molecule has 1 saturated heterocycles. The third kappa shape index (κ3) is 3.88. The lowest BCUT2D eigenvalue weighted by atomic mass is 10.2. The van der Waals surface area contributed by atoms with Crippen LogP contribution in [0.15, 0.2) is 30.3 Å². The monoisotopic (exact) mass is 379 g/mol. The predicted molar refractivity (Wildman–Crippen MR) is 97.4 cm³/mol. The van der Waals surface area contributed by atoms with Crippen molar-refractivity contribution in [2.75, 3.05) is 18.9 Å². The summed E-state index contributed by atoms with van der Waals surface area (Å²) in [6, 6.07) is 8.21. The fourth-order valence-corrected chi connectivity index (χ4v) is 4.99. The van der Waals surface area contributed by atoms with Gasteiger partial charge in [-0.3, -0.25) is 4.79 Å². The van der Waals surface area contributed by atoms with E-state index in [4.69, 9.17) is 4.74 Å². The maximum Gasteiger partial charge on any atom is 0.339 e. The van der Waals surface area contributed by atoms with Gasteiger partial charge in [-0.25, -0.2) is 9.18 Å². The second kappa shape index (κ2) is 7.58. The second-order valence-electron chi connectivity index (χ2n) is 5.73. The molecule has 2 heterocycles. The molecular weight excluding hydrogens is 361 g/mol. The smallest absolute Gasteiger partial charge is 0.339 e. The molecule has 1 aromatic heterocycles. The third-order valence-electron chi connectivity index (χ3n) is 3.97. The van der Waals surface area contributed by atoms with Crippen LogP contribution in [0.25, 0.3) is 0 Å². The number of nitrogens with zero attached hydrogens (tertiary/aromatic N) is 1. The van der Waals surface area contributed by atoms with Crippen LogP contribution in [0.2, 0.25) is 0 Å². The topological polar surface area (TPSA) is 46.6 Å². The highest BCUT2D eigenvalue weighted by molar-refractivity contribution is 7.99. The molecule has 1 amide bonds. The maximum absolute atomic E-state index is 14.0. The number of carbonyl (C=O) groups excluding carboxylic acids is 2. The first-order valence-corrected chi connectivity index (χ1v) is 9.73. The zero-order valence-corrected chi connectivity index (χ0v) is 15.6. The lowest BCUT2D eigenvalue weighted by molar-refractivity contribution is -0.134. The van der Waals surface area contributed by atoms with E-state index in [0.717, 1.165) is 15.5 Å². The fraction of sp³-hybridized carbons (Fsp3) is 0.333. The molecule has 2 aromatic rings.